The number of hydrogen-bond donors (Lipinski definition) is 2. The number of carbonyl (C=O) groups excluding carboxylic acids is 1. The lowest BCUT2D eigenvalue weighted by Crippen LogP contribution is -2.56. The molecule has 2 aliphatic heterocycles. The summed E-state index contributed by atoms with van der Waals surface area (Å²) in [7, 11) is 2.16. The second-order valence-corrected chi connectivity index (χ2v) is 12.8. The molecule has 1 aliphatic carbocycles. The van der Waals surface area contributed by atoms with Crippen LogP contribution in [0, 0.1) is 18.3 Å². The van der Waals surface area contributed by atoms with Crippen LogP contribution in [0.2, 0.25) is 0 Å². The van der Waals surface area contributed by atoms with Gasteiger partial charge in [0.25, 0.3) is 0 Å². The first-order valence-electron chi connectivity index (χ1n) is 13.6. The van der Waals surface area contributed by atoms with Crippen LogP contribution in [0.5, 0.6) is 0 Å². The molecule has 2 saturated heterocycles. The van der Waals surface area contributed by atoms with Gasteiger partial charge in [-0.05, 0) is 69.5 Å². The van der Waals surface area contributed by atoms with E-state index in [1.54, 1.807) is 0 Å². The van der Waals surface area contributed by atoms with Gasteiger partial charge < -0.3 is 15.1 Å². The molecule has 1 saturated carbocycles. The lowest BCUT2D eigenvalue weighted by molar-refractivity contribution is -0.125. The fourth-order valence-electron chi connectivity index (χ4n) is 5.85. The summed E-state index contributed by atoms with van der Waals surface area (Å²) in [5.74, 6) is 1.36. The molecule has 2 atom stereocenters. The molecular formula is C26H41N9OS. The van der Waals surface area contributed by atoms with Crippen molar-refractivity contribution in [3.05, 3.63) is 17.8 Å². The summed E-state index contributed by atoms with van der Waals surface area (Å²) in [4.78, 5) is 20.6. The van der Waals surface area contributed by atoms with Gasteiger partial charge in [0.05, 0.1) is 11.7 Å². The van der Waals surface area contributed by atoms with Crippen LogP contribution in [-0.4, -0.2) is 94.5 Å². The minimum absolute atomic E-state index is 0.0712. The van der Waals surface area contributed by atoms with Crippen molar-refractivity contribution in [2.75, 3.05) is 61.8 Å². The molecule has 2 N–H and O–H groups in total. The topological polar surface area (TPSA) is 102 Å². The van der Waals surface area contributed by atoms with Crippen molar-refractivity contribution in [1.82, 2.24) is 30.2 Å². The summed E-state index contributed by atoms with van der Waals surface area (Å²) in [6.07, 6.45) is 5.54. The van der Waals surface area contributed by atoms with Crippen molar-refractivity contribution in [3.63, 3.8) is 0 Å². The maximum atomic E-state index is 13.7. The van der Waals surface area contributed by atoms with Crippen molar-refractivity contribution in [3.8, 4) is 0 Å². The van der Waals surface area contributed by atoms with E-state index in [0.29, 0.717) is 16.5 Å². The monoisotopic (exact) mass is 527 g/mol. The van der Waals surface area contributed by atoms with Crippen molar-refractivity contribution < 1.29 is 4.79 Å². The van der Waals surface area contributed by atoms with Gasteiger partial charge in [-0.3, -0.25) is 15.0 Å². The van der Waals surface area contributed by atoms with Gasteiger partial charge >= 0.3 is 0 Å². The molecule has 1 amide bonds. The first kappa shape index (κ1) is 26.2. The highest BCUT2D eigenvalue weighted by Crippen LogP contribution is 2.40. The standard InChI is InChI=1S/C26H41N9OS/c1-18-5-6-21(30-29-18)35-12-9-20(17-35)27-24-31-32-25(37-24)28-23(36)22(34-15-13-33(4)14-16-34)19-7-10-26(2,3)11-8-19/h5-6,19-20,22H,7-17H2,1-4H3,(H,27,31)(H,28,32,36)/t20-,22+/m1/s1. The Labute approximate surface area is 224 Å². The van der Waals surface area contributed by atoms with Crippen LogP contribution in [0.15, 0.2) is 12.1 Å². The molecule has 0 aromatic carbocycles. The Bertz CT molecular complexity index is 1040. The highest BCUT2D eigenvalue weighted by molar-refractivity contribution is 7.19. The summed E-state index contributed by atoms with van der Waals surface area (Å²) in [5, 5.41) is 25.1. The fraction of sp³-hybridized carbons (Fsp3) is 0.731. The van der Waals surface area contributed by atoms with E-state index in [9.17, 15) is 4.79 Å². The number of nitrogens with zero attached hydrogens (tertiary/aromatic N) is 7. The molecule has 2 aromatic rings. The Morgan fingerprint density at radius 2 is 1.73 bits per heavy atom. The molecule has 0 radical (unpaired) electrons. The average molecular weight is 528 g/mol. The molecule has 5 rings (SSSR count). The van der Waals surface area contributed by atoms with Crippen LogP contribution in [0.4, 0.5) is 16.1 Å². The zero-order valence-electron chi connectivity index (χ0n) is 22.6. The lowest BCUT2D eigenvalue weighted by atomic mass is 9.70. The summed E-state index contributed by atoms with van der Waals surface area (Å²) in [6.45, 7) is 12.3. The van der Waals surface area contributed by atoms with Gasteiger partial charge in [-0.25, -0.2) is 0 Å². The molecule has 3 aliphatic rings. The number of likely N-dealkylation sites (N-methyl/N-ethyl adjacent to an activating group) is 1. The number of piperazine rings is 1. The number of hydrogen-bond acceptors (Lipinski definition) is 10. The van der Waals surface area contributed by atoms with E-state index in [1.165, 1.54) is 24.2 Å². The molecule has 4 heterocycles. The van der Waals surface area contributed by atoms with Crippen LogP contribution in [0.25, 0.3) is 0 Å². The number of aryl methyl sites for hydroxylation is 1. The lowest BCUT2D eigenvalue weighted by Gasteiger charge is -2.44. The first-order valence-corrected chi connectivity index (χ1v) is 14.5. The molecule has 0 unspecified atom stereocenters. The highest BCUT2D eigenvalue weighted by atomic mass is 32.1. The van der Waals surface area contributed by atoms with Crippen molar-refractivity contribution in [2.24, 2.45) is 11.3 Å². The third kappa shape index (κ3) is 6.56. The third-order valence-corrected chi connectivity index (χ3v) is 9.08. The number of rotatable bonds is 7. The van der Waals surface area contributed by atoms with Gasteiger partial charge in [0.15, 0.2) is 5.82 Å². The van der Waals surface area contributed by atoms with E-state index in [2.05, 4.69) is 66.6 Å². The van der Waals surface area contributed by atoms with Crippen LogP contribution in [0.3, 0.4) is 0 Å². The Hall–Kier alpha value is -2.37. The van der Waals surface area contributed by atoms with E-state index in [0.717, 1.165) is 75.2 Å². The predicted molar refractivity (Wildman–Crippen MR) is 148 cm³/mol. The SMILES string of the molecule is Cc1ccc(N2CC[C@@H](Nc3nnc(NC(=O)[C@H](C4CCC(C)(C)CC4)N4CCN(C)CC4)s3)C2)nn1. The number of nitrogens with one attached hydrogen (secondary N) is 2. The Morgan fingerprint density at radius 3 is 2.43 bits per heavy atom. The first-order chi connectivity index (χ1) is 17.8. The van der Waals surface area contributed by atoms with Gasteiger partial charge in [0.2, 0.25) is 16.2 Å². The van der Waals surface area contributed by atoms with Gasteiger partial charge in [-0.2, -0.15) is 5.10 Å². The number of aromatic nitrogens is 4. The van der Waals surface area contributed by atoms with Gasteiger partial charge in [0, 0.05) is 45.3 Å². The van der Waals surface area contributed by atoms with E-state index < -0.39 is 0 Å². The largest absolute Gasteiger partial charge is 0.355 e. The molecule has 10 nitrogen and oxygen atoms in total. The zero-order chi connectivity index (χ0) is 26.0. The van der Waals surface area contributed by atoms with Gasteiger partial charge in [-0.15, -0.1) is 15.3 Å². The quantitative estimate of drug-likeness (QED) is 0.562. The Kier molecular flexibility index (Phi) is 7.92. The Morgan fingerprint density at radius 1 is 1.00 bits per heavy atom. The molecule has 2 aromatic heterocycles. The summed E-state index contributed by atoms with van der Waals surface area (Å²) in [6, 6.07) is 4.16. The summed E-state index contributed by atoms with van der Waals surface area (Å²) < 4.78 is 0. The molecule has 3 fully saturated rings. The summed E-state index contributed by atoms with van der Waals surface area (Å²) in [5.41, 5.74) is 1.30. The minimum Gasteiger partial charge on any atom is -0.355 e. The van der Waals surface area contributed by atoms with Crippen molar-refractivity contribution >= 4 is 33.3 Å². The molecule has 0 spiro atoms. The minimum atomic E-state index is -0.107. The fourth-order valence-corrected chi connectivity index (χ4v) is 6.57. The maximum absolute atomic E-state index is 13.7. The average Bonchev–Trinajstić information content (AvgIpc) is 3.52. The molecule has 0 bridgehead atoms. The second-order valence-electron chi connectivity index (χ2n) is 11.8. The molecular weight excluding hydrogens is 486 g/mol. The predicted octanol–water partition coefficient (Wildman–Crippen LogP) is 3.10. The van der Waals surface area contributed by atoms with Crippen LogP contribution in [-0.2, 0) is 4.79 Å². The molecule has 11 heteroatoms. The molecule has 202 valence electrons. The van der Waals surface area contributed by atoms with Gasteiger partial charge in [-0.1, -0.05) is 25.2 Å². The van der Waals surface area contributed by atoms with Crippen LogP contribution < -0.4 is 15.5 Å². The van der Waals surface area contributed by atoms with E-state index in [-0.39, 0.29) is 18.0 Å². The van der Waals surface area contributed by atoms with Crippen molar-refractivity contribution in [1.29, 1.82) is 0 Å². The molecule has 37 heavy (non-hydrogen) atoms. The third-order valence-electron chi connectivity index (χ3n) is 8.31. The number of amides is 1. The normalized spacial score (nSPS) is 24.2. The van der Waals surface area contributed by atoms with Crippen LogP contribution in [0.1, 0.15) is 51.6 Å². The number of anilines is 3. The van der Waals surface area contributed by atoms with E-state index in [1.807, 2.05) is 19.1 Å². The maximum Gasteiger partial charge on any atom is 0.243 e. The number of carbonyl (C=O) groups is 1. The zero-order valence-corrected chi connectivity index (χ0v) is 23.4. The summed E-state index contributed by atoms with van der Waals surface area (Å²) >= 11 is 1.42. The van der Waals surface area contributed by atoms with E-state index in [4.69, 9.17) is 0 Å². The highest BCUT2D eigenvalue weighted by Gasteiger charge is 2.39. The Balaban J connectivity index is 1.19. The second kappa shape index (κ2) is 11.2. The van der Waals surface area contributed by atoms with Crippen LogP contribution >= 0.6 is 11.3 Å². The van der Waals surface area contributed by atoms with Gasteiger partial charge in [0.1, 0.15) is 0 Å². The van der Waals surface area contributed by atoms with E-state index >= 15 is 0 Å². The smallest absolute Gasteiger partial charge is 0.243 e. The van der Waals surface area contributed by atoms with Crippen molar-refractivity contribution in [2.45, 2.75) is 65.0 Å².